The van der Waals surface area contributed by atoms with Gasteiger partial charge in [0.25, 0.3) is 11.4 Å². The number of ether oxygens (including phenoxy) is 4. The minimum atomic E-state index is -5.00. The van der Waals surface area contributed by atoms with Gasteiger partial charge in [-0.1, -0.05) is 50.2 Å². The van der Waals surface area contributed by atoms with Gasteiger partial charge in [0.2, 0.25) is 11.6 Å². The van der Waals surface area contributed by atoms with Gasteiger partial charge in [0.15, 0.2) is 23.0 Å². The van der Waals surface area contributed by atoms with Crippen LogP contribution in [0.4, 0.5) is 27.5 Å². The SMILES string of the molecule is COc1cc(C(C)OC(=O)Oc2ccc([N+](=O)[O-])cc2)c([N+](=O)[O-])cc1OCCN(C)CCNC(=O)C(CS(=O)(=O)[O-])NC1=C(/C=C2\N(C)c3ccccc3C2(C)C)C(=O)/C1=C\C1=[N+](C)c2ccccc2C1(C)C. The number of allylic oxidation sites excluding steroid dienone is 5. The number of amides is 1. The fourth-order valence-corrected chi connectivity index (χ4v) is 10.1. The van der Waals surface area contributed by atoms with Gasteiger partial charge in [-0.15, -0.1) is 0 Å². The molecule has 2 heterocycles. The van der Waals surface area contributed by atoms with E-state index < -0.39 is 66.4 Å². The van der Waals surface area contributed by atoms with Gasteiger partial charge >= 0.3 is 6.16 Å². The number of nitrogens with one attached hydrogen (secondary N) is 2. The summed E-state index contributed by atoms with van der Waals surface area (Å²) in [6.07, 6.45) is 1.08. The van der Waals surface area contributed by atoms with E-state index in [0.717, 1.165) is 52.1 Å². The van der Waals surface area contributed by atoms with Crippen LogP contribution in [0.3, 0.4) is 0 Å². The molecule has 0 aromatic heterocycles. The highest BCUT2D eigenvalue weighted by Crippen LogP contribution is 2.48. The maximum Gasteiger partial charge on any atom is 0.514 e. The second kappa shape index (κ2) is 21.3. The molecule has 21 nitrogen and oxygen atoms in total. The quantitative estimate of drug-likeness (QED) is 0.0182. The zero-order valence-corrected chi connectivity index (χ0v) is 43.1. The smallest absolute Gasteiger partial charge is 0.514 e. The maximum absolute atomic E-state index is 14.4. The highest BCUT2D eigenvalue weighted by Gasteiger charge is 2.46. The summed E-state index contributed by atoms with van der Waals surface area (Å²) in [6, 6.07) is 21.2. The third-order valence-electron chi connectivity index (χ3n) is 13.5. The van der Waals surface area contributed by atoms with Gasteiger partial charge in [0.1, 0.15) is 31.5 Å². The molecule has 3 aliphatic rings. The number of likely N-dealkylation sites (N-methyl/N-ethyl adjacent to an activating group) is 2. The molecular formula is C52H57N7O14S. The Labute approximate surface area is 427 Å². The summed E-state index contributed by atoms with van der Waals surface area (Å²) in [5, 5.41) is 28.9. The van der Waals surface area contributed by atoms with Gasteiger partial charge in [-0.25, -0.2) is 13.2 Å². The van der Waals surface area contributed by atoms with Crippen LogP contribution in [0, 0.1) is 20.2 Å². The van der Waals surface area contributed by atoms with Crippen LogP contribution < -0.4 is 29.7 Å². The lowest BCUT2D eigenvalue weighted by atomic mass is 9.77. The average molecular weight is 1040 g/mol. The summed E-state index contributed by atoms with van der Waals surface area (Å²) >= 11 is 0. The summed E-state index contributed by atoms with van der Waals surface area (Å²) in [7, 11) is 1.82. The van der Waals surface area contributed by atoms with E-state index in [2.05, 4.69) is 10.6 Å². The average Bonchev–Trinajstić information content (AvgIpc) is 3.66. The van der Waals surface area contributed by atoms with Crippen molar-refractivity contribution >= 4 is 56.4 Å². The van der Waals surface area contributed by atoms with Crippen molar-refractivity contribution in [3.8, 4) is 17.2 Å². The Hall–Kier alpha value is -7.95. The molecule has 1 aliphatic carbocycles. The molecule has 4 aromatic carbocycles. The zero-order chi connectivity index (χ0) is 54.0. The molecule has 390 valence electrons. The van der Waals surface area contributed by atoms with Gasteiger partial charge in [-0.2, -0.15) is 4.58 Å². The van der Waals surface area contributed by atoms with Crippen LogP contribution >= 0.6 is 0 Å². The van der Waals surface area contributed by atoms with Gasteiger partial charge in [-0.05, 0) is 63.7 Å². The first kappa shape index (κ1) is 53.8. The summed E-state index contributed by atoms with van der Waals surface area (Å²) in [6.45, 7) is 9.94. The first-order valence-corrected chi connectivity index (χ1v) is 25.0. The molecule has 22 heteroatoms. The number of nitro benzene ring substituents is 2. The Balaban J connectivity index is 1.04. The minimum Gasteiger partial charge on any atom is -0.748 e. The third kappa shape index (κ3) is 11.2. The van der Waals surface area contributed by atoms with E-state index in [0.29, 0.717) is 0 Å². The highest BCUT2D eigenvalue weighted by atomic mass is 32.2. The van der Waals surface area contributed by atoms with E-state index in [1.165, 1.54) is 32.2 Å². The van der Waals surface area contributed by atoms with Crippen LogP contribution in [-0.4, -0.2) is 122 Å². The fourth-order valence-electron chi connectivity index (χ4n) is 9.44. The van der Waals surface area contributed by atoms with Crippen LogP contribution in [0.25, 0.3) is 0 Å². The van der Waals surface area contributed by atoms with Crippen molar-refractivity contribution in [3.05, 3.63) is 157 Å². The Kier molecular flexibility index (Phi) is 15.5. The van der Waals surface area contributed by atoms with E-state index >= 15 is 0 Å². The second-order valence-corrected chi connectivity index (χ2v) is 20.5. The number of para-hydroxylation sites is 2. The number of hydrogen-bond donors (Lipinski definition) is 2. The van der Waals surface area contributed by atoms with E-state index in [4.69, 9.17) is 18.9 Å². The molecule has 7 rings (SSSR count). The third-order valence-corrected chi connectivity index (χ3v) is 14.2. The molecule has 4 aromatic rings. The fraction of sp³-hybridized carbons (Fsp3) is 0.346. The van der Waals surface area contributed by atoms with E-state index in [1.54, 1.807) is 24.1 Å². The van der Waals surface area contributed by atoms with Crippen LogP contribution in [-0.2, 0) is 35.3 Å². The van der Waals surface area contributed by atoms with Crippen molar-refractivity contribution in [1.82, 2.24) is 15.5 Å². The van der Waals surface area contributed by atoms with Crippen LogP contribution in [0.15, 0.2) is 120 Å². The van der Waals surface area contributed by atoms with Crippen molar-refractivity contribution in [3.63, 3.8) is 0 Å². The second-order valence-electron chi connectivity index (χ2n) is 19.0. The Bertz CT molecular complexity index is 3180. The van der Waals surface area contributed by atoms with E-state index in [9.17, 15) is 47.6 Å². The number of benzene rings is 4. The van der Waals surface area contributed by atoms with Crippen LogP contribution in [0.1, 0.15) is 57.4 Å². The van der Waals surface area contributed by atoms with Crippen LogP contribution in [0.2, 0.25) is 0 Å². The van der Waals surface area contributed by atoms with Gasteiger partial charge in [0, 0.05) is 78.9 Å². The lowest BCUT2D eigenvalue weighted by Gasteiger charge is -2.32. The van der Waals surface area contributed by atoms with Crippen LogP contribution in [0.5, 0.6) is 17.2 Å². The molecule has 1 amide bonds. The van der Waals surface area contributed by atoms with Gasteiger partial charge in [0.05, 0.1) is 61.1 Å². The summed E-state index contributed by atoms with van der Waals surface area (Å²) in [5.41, 5.74) is 4.44. The number of nitrogens with zero attached hydrogens (tertiary/aromatic N) is 5. The number of Topliss-reactive ketones (excluding diaryl/α,β-unsaturated/α-hetero) is 1. The molecule has 0 saturated carbocycles. The lowest BCUT2D eigenvalue weighted by molar-refractivity contribution is -0.401. The molecule has 2 atom stereocenters. The molecule has 2 unspecified atom stereocenters. The summed E-state index contributed by atoms with van der Waals surface area (Å²) in [5.74, 6) is -2.21. The van der Waals surface area contributed by atoms with Crippen molar-refractivity contribution in [1.29, 1.82) is 0 Å². The maximum atomic E-state index is 14.4. The number of nitro groups is 2. The molecule has 0 bridgehead atoms. The van der Waals surface area contributed by atoms with Crippen molar-refractivity contribution in [2.45, 2.75) is 57.6 Å². The number of carbonyl (C=O) groups excluding carboxylic acids is 3. The number of methoxy groups -OCH3 is 1. The number of ketones is 1. The topological polar surface area (TPSA) is 265 Å². The van der Waals surface area contributed by atoms with E-state index in [1.807, 2.05) is 99.8 Å². The largest absolute Gasteiger partial charge is 0.748 e. The number of carbonyl (C=O) groups is 3. The molecule has 0 spiro atoms. The summed E-state index contributed by atoms with van der Waals surface area (Å²) < 4.78 is 60.9. The standard InChI is InChI=1S/C52H57N7O14S/c1-31(72-50(62)73-33-20-18-32(19-21-33)58(63)64)34-26-43(70-9)44(29-42(34)59(65)66)71-25-24-55(6)23-22-53-49(61)39(30-74(67,68)69)54-47-35(27-45-51(2,3)37-14-10-12-16-40(37)56(45)7)48(60)36(47)28-46-52(4,5)38-15-11-13-17-41(38)57(46)8/h10-21,26-29,31,39H,22-25,30H2,1-9H3,(H2-,53,54,60,61,67,68,69). The first-order valence-electron chi connectivity index (χ1n) is 23.4. The molecule has 2 aliphatic heterocycles. The number of hydrogen-bond acceptors (Lipinski definition) is 17. The Morgan fingerprint density at radius 3 is 2.19 bits per heavy atom. The lowest BCUT2D eigenvalue weighted by Crippen LogP contribution is -2.51. The number of fused-ring (bicyclic) bond motifs is 2. The Morgan fingerprint density at radius 2 is 1.57 bits per heavy atom. The normalized spacial score (nSPS) is 17.4. The molecule has 0 radical (unpaired) electrons. The molecule has 74 heavy (non-hydrogen) atoms. The van der Waals surface area contributed by atoms with Gasteiger partial charge < -0.3 is 43.9 Å². The molecule has 0 saturated heterocycles. The zero-order valence-electron chi connectivity index (χ0n) is 42.3. The predicted octanol–water partition coefficient (Wildman–Crippen LogP) is 6.50. The predicted molar refractivity (Wildman–Crippen MR) is 272 cm³/mol. The van der Waals surface area contributed by atoms with Crippen molar-refractivity contribution in [2.75, 3.05) is 65.1 Å². The van der Waals surface area contributed by atoms with Gasteiger partial charge in [-0.3, -0.25) is 29.8 Å². The minimum absolute atomic E-state index is 0.00372. The van der Waals surface area contributed by atoms with Crippen molar-refractivity contribution in [2.24, 2.45) is 0 Å². The monoisotopic (exact) mass is 1040 g/mol. The number of anilines is 1. The van der Waals surface area contributed by atoms with E-state index in [-0.39, 0.29) is 77.4 Å². The number of rotatable bonds is 20. The van der Waals surface area contributed by atoms with Crippen molar-refractivity contribution < 1.29 is 60.7 Å². The highest BCUT2D eigenvalue weighted by molar-refractivity contribution is 7.85. The Morgan fingerprint density at radius 1 is 0.905 bits per heavy atom. The first-order chi connectivity index (χ1) is 34.8. The summed E-state index contributed by atoms with van der Waals surface area (Å²) in [4.78, 5) is 66.5. The molecular weight excluding hydrogens is 979 g/mol. The molecule has 0 fully saturated rings. The molecule has 2 N–H and O–H groups in total. The number of non-ortho nitro benzene ring substituents is 1.